The summed E-state index contributed by atoms with van der Waals surface area (Å²) in [6.07, 6.45) is 0.772. The molecule has 0 aliphatic carbocycles. The number of rotatable bonds is 4. The SMILES string of the molecule is CCc1ccc(Oc2c(I)cc(C(C)=O)cc2I)cc1O. The maximum absolute atomic E-state index is 11.5. The lowest BCUT2D eigenvalue weighted by molar-refractivity contribution is 0.101. The van der Waals surface area contributed by atoms with Crippen LogP contribution >= 0.6 is 45.2 Å². The number of carbonyl (C=O) groups excluding carboxylic acids is 1. The van der Waals surface area contributed by atoms with Crippen LogP contribution in [0, 0.1) is 7.14 Å². The average Bonchev–Trinajstić information content (AvgIpc) is 2.42. The van der Waals surface area contributed by atoms with E-state index in [9.17, 15) is 9.90 Å². The Bertz CT molecular complexity index is 673. The van der Waals surface area contributed by atoms with Gasteiger partial charge in [0.1, 0.15) is 11.5 Å². The van der Waals surface area contributed by atoms with Crippen molar-refractivity contribution in [3.63, 3.8) is 0 Å². The van der Waals surface area contributed by atoms with Gasteiger partial charge in [-0.05, 0) is 82.3 Å². The lowest BCUT2D eigenvalue weighted by atomic mass is 10.1. The van der Waals surface area contributed by atoms with E-state index < -0.39 is 0 Å². The molecule has 0 bridgehead atoms. The topological polar surface area (TPSA) is 46.5 Å². The van der Waals surface area contributed by atoms with Crippen LogP contribution in [0.5, 0.6) is 17.2 Å². The van der Waals surface area contributed by atoms with Gasteiger partial charge in [0.2, 0.25) is 0 Å². The third kappa shape index (κ3) is 3.88. The largest absolute Gasteiger partial charge is 0.508 e. The maximum Gasteiger partial charge on any atom is 0.159 e. The van der Waals surface area contributed by atoms with E-state index in [1.807, 2.05) is 19.1 Å². The number of benzene rings is 2. The summed E-state index contributed by atoms with van der Waals surface area (Å²) < 4.78 is 7.60. The molecule has 0 amide bonds. The zero-order valence-electron chi connectivity index (χ0n) is 11.6. The molecule has 0 unspecified atom stereocenters. The van der Waals surface area contributed by atoms with Crippen LogP contribution < -0.4 is 4.74 Å². The molecule has 1 N–H and O–H groups in total. The van der Waals surface area contributed by atoms with E-state index in [2.05, 4.69) is 45.2 Å². The maximum atomic E-state index is 11.5. The van der Waals surface area contributed by atoms with Crippen LogP contribution in [0.15, 0.2) is 30.3 Å². The Morgan fingerprint density at radius 1 is 1.19 bits per heavy atom. The van der Waals surface area contributed by atoms with Crippen LogP contribution in [-0.2, 0) is 6.42 Å². The molecule has 2 aromatic rings. The molecule has 2 aromatic carbocycles. The van der Waals surface area contributed by atoms with Gasteiger partial charge in [-0.1, -0.05) is 13.0 Å². The second-order valence-electron chi connectivity index (χ2n) is 4.57. The van der Waals surface area contributed by atoms with Crippen LogP contribution in [0.1, 0.15) is 29.8 Å². The first-order valence-corrected chi connectivity index (χ1v) is 8.57. The highest BCUT2D eigenvalue weighted by Crippen LogP contribution is 2.34. The fourth-order valence-electron chi connectivity index (χ4n) is 1.88. The summed E-state index contributed by atoms with van der Waals surface area (Å²) in [6.45, 7) is 3.53. The molecule has 0 aromatic heterocycles. The fourth-order valence-corrected chi connectivity index (χ4v) is 3.87. The molecule has 0 heterocycles. The van der Waals surface area contributed by atoms with Crippen molar-refractivity contribution in [2.45, 2.75) is 20.3 Å². The summed E-state index contributed by atoms with van der Waals surface area (Å²) in [5.41, 5.74) is 1.55. The summed E-state index contributed by atoms with van der Waals surface area (Å²) in [5, 5.41) is 9.90. The van der Waals surface area contributed by atoms with E-state index in [1.54, 1.807) is 25.1 Å². The minimum Gasteiger partial charge on any atom is -0.508 e. The van der Waals surface area contributed by atoms with Gasteiger partial charge in [-0.15, -0.1) is 0 Å². The van der Waals surface area contributed by atoms with E-state index in [0.717, 1.165) is 19.1 Å². The van der Waals surface area contributed by atoms with E-state index in [1.165, 1.54) is 0 Å². The lowest BCUT2D eigenvalue weighted by Crippen LogP contribution is -1.98. The van der Waals surface area contributed by atoms with Gasteiger partial charge >= 0.3 is 0 Å². The van der Waals surface area contributed by atoms with Gasteiger partial charge in [0.25, 0.3) is 0 Å². The monoisotopic (exact) mass is 508 g/mol. The first-order chi connectivity index (χ1) is 9.92. The second kappa shape index (κ2) is 6.95. The first kappa shape index (κ1) is 16.5. The van der Waals surface area contributed by atoms with Gasteiger partial charge in [-0.25, -0.2) is 0 Å². The van der Waals surface area contributed by atoms with Crippen LogP contribution in [0.3, 0.4) is 0 Å². The highest BCUT2D eigenvalue weighted by atomic mass is 127. The molecule has 0 saturated heterocycles. The highest BCUT2D eigenvalue weighted by molar-refractivity contribution is 14.1. The standard InChI is InChI=1S/C16H14I2O3/c1-3-10-4-5-12(8-15(10)20)21-16-13(17)6-11(9(2)19)7-14(16)18/h4-8,20H,3H2,1-2H3. The van der Waals surface area contributed by atoms with Gasteiger partial charge in [0.05, 0.1) is 7.14 Å². The molecular weight excluding hydrogens is 494 g/mol. The Balaban J connectivity index is 2.35. The number of phenolic OH excluding ortho intramolecular Hbond substituents is 1. The summed E-state index contributed by atoms with van der Waals surface area (Å²) in [7, 11) is 0. The Morgan fingerprint density at radius 3 is 2.29 bits per heavy atom. The minimum atomic E-state index is 0.0299. The predicted molar refractivity (Wildman–Crippen MR) is 99.4 cm³/mol. The average molecular weight is 508 g/mol. The van der Waals surface area contributed by atoms with Crippen molar-refractivity contribution < 1.29 is 14.6 Å². The van der Waals surface area contributed by atoms with Gasteiger partial charge in [-0.2, -0.15) is 0 Å². The number of Topliss-reactive ketones (excluding diaryl/α,β-unsaturated/α-hetero) is 1. The predicted octanol–water partition coefficient (Wildman–Crippen LogP) is 5.16. The number of halogens is 2. The van der Waals surface area contributed by atoms with Crippen LogP contribution in [0.25, 0.3) is 0 Å². The number of hydrogen-bond donors (Lipinski definition) is 1. The number of ether oxygens (including phenoxy) is 1. The highest BCUT2D eigenvalue weighted by Gasteiger charge is 2.13. The van der Waals surface area contributed by atoms with E-state index in [0.29, 0.717) is 17.1 Å². The zero-order chi connectivity index (χ0) is 15.6. The van der Waals surface area contributed by atoms with Gasteiger partial charge in [-0.3, -0.25) is 4.79 Å². The number of carbonyl (C=O) groups is 1. The molecule has 0 aliphatic heterocycles. The second-order valence-corrected chi connectivity index (χ2v) is 6.90. The molecule has 5 heteroatoms. The summed E-state index contributed by atoms with van der Waals surface area (Å²) in [4.78, 5) is 11.5. The van der Waals surface area contributed by atoms with Crippen molar-refractivity contribution in [1.29, 1.82) is 0 Å². The smallest absolute Gasteiger partial charge is 0.159 e. The van der Waals surface area contributed by atoms with Crippen molar-refractivity contribution >= 4 is 51.0 Å². The summed E-state index contributed by atoms with van der Waals surface area (Å²) >= 11 is 4.30. The van der Waals surface area contributed by atoms with Gasteiger partial charge in [0.15, 0.2) is 11.5 Å². The number of aromatic hydroxyl groups is 1. The molecule has 2 rings (SSSR count). The van der Waals surface area contributed by atoms with Gasteiger partial charge in [0, 0.05) is 11.6 Å². The van der Waals surface area contributed by atoms with E-state index in [4.69, 9.17) is 4.74 Å². The molecule has 0 spiro atoms. The Morgan fingerprint density at radius 2 is 1.81 bits per heavy atom. The van der Waals surface area contributed by atoms with Crippen molar-refractivity contribution in [3.8, 4) is 17.2 Å². The molecule has 21 heavy (non-hydrogen) atoms. The Labute approximate surface area is 151 Å². The zero-order valence-corrected chi connectivity index (χ0v) is 15.9. The normalized spacial score (nSPS) is 10.5. The van der Waals surface area contributed by atoms with Crippen LogP contribution in [0.2, 0.25) is 0 Å². The van der Waals surface area contributed by atoms with Crippen LogP contribution in [0.4, 0.5) is 0 Å². The fraction of sp³-hybridized carbons (Fsp3) is 0.188. The third-order valence-corrected chi connectivity index (χ3v) is 4.66. The number of aryl methyl sites for hydroxylation is 1. The van der Waals surface area contributed by atoms with E-state index in [-0.39, 0.29) is 11.5 Å². The van der Waals surface area contributed by atoms with Crippen molar-refractivity contribution in [1.82, 2.24) is 0 Å². The number of phenols is 1. The van der Waals surface area contributed by atoms with Crippen molar-refractivity contribution in [2.24, 2.45) is 0 Å². The number of ketones is 1. The quantitative estimate of drug-likeness (QED) is 0.459. The molecule has 0 atom stereocenters. The Kier molecular flexibility index (Phi) is 5.48. The molecule has 0 aliphatic rings. The molecule has 0 saturated carbocycles. The van der Waals surface area contributed by atoms with Crippen molar-refractivity contribution in [3.05, 3.63) is 48.6 Å². The molecule has 0 radical (unpaired) electrons. The van der Waals surface area contributed by atoms with Crippen LogP contribution in [-0.4, -0.2) is 10.9 Å². The van der Waals surface area contributed by atoms with Crippen molar-refractivity contribution in [2.75, 3.05) is 0 Å². The molecule has 3 nitrogen and oxygen atoms in total. The molecule has 0 fully saturated rings. The molecule has 110 valence electrons. The lowest BCUT2D eigenvalue weighted by Gasteiger charge is -2.12. The Hall–Kier alpha value is -0.830. The minimum absolute atomic E-state index is 0.0299. The first-order valence-electron chi connectivity index (χ1n) is 6.42. The third-order valence-electron chi connectivity index (χ3n) is 3.06. The molecular formula is C16H14I2O3. The summed E-state index contributed by atoms with van der Waals surface area (Å²) in [6, 6.07) is 8.92. The summed E-state index contributed by atoms with van der Waals surface area (Å²) in [5.74, 6) is 1.55. The number of hydrogen-bond acceptors (Lipinski definition) is 3. The van der Waals surface area contributed by atoms with E-state index >= 15 is 0 Å². The van der Waals surface area contributed by atoms with Gasteiger partial charge < -0.3 is 9.84 Å².